The topological polar surface area (TPSA) is 51.2 Å². The second-order valence-electron chi connectivity index (χ2n) is 7.16. The predicted molar refractivity (Wildman–Crippen MR) is 115 cm³/mol. The molecule has 0 aliphatic carbocycles. The number of rotatable bonds is 12. The van der Waals surface area contributed by atoms with E-state index in [-0.39, 0.29) is 12.6 Å². The van der Waals surface area contributed by atoms with Gasteiger partial charge in [-0.3, -0.25) is 4.90 Å². The molecular weight excluding hydrogens is 354 g/mol. The average molecular weight is 392 g/mol. The fourth-order valence-electron chi connectivity index (χ4n) is 3.31. The largest absolute Gasteiger partial charge is 0.497 e. The smallest absolute Gasteiger partial charge is 0.160 e. The van der Waals surface area contributed by atoms with Crippen LogP contribution in [0.3, 0.4) is 0 Å². The molecule has 0 aromatic heterocycles. The quantitative estimate of drug-likeness (QED) is 0.430. The van der Waals surface area contributed by atoms with E-state index in [1.165, 1.54) is 11.1 Å². The molecule has 0 aliphatic heterocycles. The molecule has 28 heavy (non-hydrogen) atoms. The lowest BCUT2D eigenvalue weighted by Gasteiger charge is -2.33. The lowest BCUT2D eigenvalue weighted by atomic mass is 9.89. The number of nitrogens with zero attached hydrogens (tertiary/aromatic N) is 1. The van der Waals surface area contributed by atoms with E-state index < -0.39 is 0 Å². The van der Waals surface area contributed by atoms with Crippen molar-refractivity contribution in [3.63, 3.8) is 0 Å². The van der Waals surface area contributed by atoms with Crippen LogP contribution in [-0.4, -0.2) is 57.6 Å². The number of likely N-dealkylation sites (N-methyl/N-ethyl adjacent to an activating group) is 1. The molecule has 0 saturated heterocycles. The van der Waals surface area contributed by atoms with Crippen LogP contribution in [0.15, 0.2) is 41.7 Å². The van der Waals surface area contributed by atoms with Crippen molar-refractivity contribution in [1.29, 1.82) is 0 Å². The van der Waals surface area contributed by atoms with E-state index in [2.05, 4.69) is 37.9 Å². The lowest BCUT2D eigenvalue weighted by Crippen LogP contribution is -2.38. The molecule has 5 heteroatoms. The van der Waals surface area contributed by atoms with Gasteiger partial charge in [0.2, 0.25) is 0 Å². The van der Waals surface area contributed by atoms with Crippen LogP contribution in [-0.2, 0) is 11.2 Å². The predicted octanol–water partition coefficient (Wildman–Crippen LogP) is 4.06. The first-order valence-corrected chi connectivity index (χ1v) is 9.85. The van der Waals surface area contributed by atoms with Gasteiger partial charge in [0.1, 0.15) is 5.76 Å². The summed E-state index contributed by atoms with van der Waals surface area (Å²) in [5.41, 5.74) is 2.47. The van der Waals surface area contributed by atoms with Crippen molar-refractivity contribution in [1.82, 2.24) is 4.90 Å². The maximum absolute atomic E-state index is 9.28. The molecule has 0 spiro atoms. The van der Waals surface area contributed by atoms with Gasteiger partial charge in [-0.25, -0.2) is 0 Å². The average Bonchev–Trinajstić information content (AvgIpc) is 2.71. The molecule has 0 saturated carbocycles. The van der Waals surface area contributed by atoms with E-state index in [1.807, 2.05) is 25.1 Å². The third-order valence-corrected chi connectivity index (χ3v) is 4.96. The number of aliphatic hydroxyl groups excluding tert-OH is 1. The summed E-state index contributed by atoms with van der Waals surface area (Å²) in [5.74, 6) is 2.67. The van der Waals surface area contributed by atoms with Crippen molar-refractivity contribution in [2.75, 3.05) is 41.5 Å². The number of ether oxygens (including phenoxy) is 3. The lowest BCUT2D eigenvalue weighted by molar-refractivity contribution is 0.215. The van der Waals surface area contributed by atoms with Crippen LogP contribution in [0.1, 0.15) is 32.8 Å². The molecule has 0 aliphatic rings. The van der Waals surface area contributed by atoms with Crippen LogP contribution in [0.2, 0.25) is 0 Å². The van der Waals surface area contributed by atoms with Crippen LogP contribution >= 0.6 is 0 Å². The van der Waals surface area contributed by atoms with Gasteiger partial charge >= 0.3 is 0 Å². The molecule has 0 amide bonds. The maximum Gasteiger partial charge on any atom is 0.160 e. The summed E-state index contributed by atoms with van der Waals surface area (Å²) in [7, 11) is 7.11. The van der Waals surface area contributed by atoms with Crippen molar-refractivity contribution >= 4 is 0 Å². The highest BCUT2D eigenvalue weighted by Crippen LogP contribution is 2.30. The van der Waals surface area contributed by atoms with Gasteiger partial charge in [0, 0.05) is 19.2 Å². The van der Waals surface area contributed by atoms with Gasteiger partial charge in [-0.2, -0.15) is 0 Å². The van der Waals surface area contributed by atoms with Gasteiger partial charge in [-0.1, -0.05) is 19.9 Å². The minimum Gasteiger partial charge on any atom is -0.497 e. The fraction of sp³-hybridized carbons (Fsp3) is 0.565. The molecule has 0 bridgehead atoms. The van der Waals surface area contributed by atoms with Gasteiger partial charge in [0.15, 0.2) is 11.5 Å². The third-order valence-electron chi connectivity index (χ3n) is 4.96. The van der Waals surface area contributed by atoms with Crippen LogP contribution in [0.25, 0.3) is 0 Å². The summed E-state index contributed by atoms with van der Waals surface area (Å²) in [4.78, 5) is 2.31. The monoisotopic (exact) mass is 391 g/mol. The van der Waals surface area contributed by atoms with E-state index in [1.54, 1.807) is 21.3 Å². The Hall–Kier alpha value is -1.98. The SMILES string of the molecule is CC=C(C=C(C(C)C)C(Cc1ccc(OC)c(OC)c1)N(C)CCCO)OC. The molecule has 1 aromatic carbocycles. The number of aliphatic hydroxyl groups is 1. The molecule has 1 N–H and O–H groups in total. The van der Waals surface area contributed by atoms with Gasteiger partial charge in [-0.15, -0.1) is 0 Å². The Bertz CT molecular complexity index is 652. The Morgan fingerprint density at radius 1 is 1.14 bits per heavy atom. The second-order valence-corrected chi connectivity index (χ2v) is 7.16. The molecule has 1 unspecified atom stereocenters. The summed E-state index contributed by atoms with van der Waals surface area (Å²) in [6.45, 7) is 7.39. The van der Waals surface area contributed by atoms with Crippen molar-refractivity contribution in [2.45, 2.75) is 39.7 Å². The molecule has 1 aromatic rings. The summed E-state index contributed by atoms with van der Waals surface area (Å²) in [6, 6.07) is 6.25. The minimum absolute atomic E-state index is 0.176. The number of hydrogen-bond acceptors (Lipinski definition) is 5. The van der Waals surface area contributed by atoms with Crippen LogP contribution in [0.5, 0.6) is 11.5 Å². The highest BCUT2D eigenvalue weighted by molar-refractivity contribution is 5.43. The zero-order valence-corrected chi connectivity index (χ0v) is 18.5. The molecule has 5 nitrogen and oxygen atoms in total. The van der Waals surface area contributed by atoms with Crippen molar-refractivity contribution in [2.24, 2.45) is 5.92 Å². The highest BCUT2D eigenvalue weighted by atomic mass is 16.5. The van der Waals surface area contributed by atoms with Crippen molar-refractivity contribution in [3.8, 4) is 11.5 Å². The summed E-state index contributed by atoms with van der Waals surface area (Å²) in [5, 5.41) is 9.28. The van der Waals surface area contributed by atoms with Crippen molar-refractivity contribution in [3.05, 3.63) is 47.2 Å². The Labute approximate surface area is 170 Å². The zero-order valence-electron chi connectivity index (χ0n) is 18.5. The van der Waals surface area contributed by atoms with Gasteiger partial charge in [0.25, 0.3) is 0 Å². The van der Waals surface area contributed by atoms with Crippen LogP contribution < -0.4 is 9.47 Å². The number of allylic oxidation sites excluding steroid dienone is 2. The van der Waals surface area contributed by atoms with Gasteiger partial charge < -0.3 is 19.3 Å². The first kappa shape index (κ1) is 24.1. The Kier molecular flexibility index (Phi) is 10.7. The summed E-state index contributed by atoms with van der Waals surface area (Å²) >= 11 is 0. The normalized spacial score (nSPS) is 13.8. The molecule has 158 valence electrons. The standard InChI is InChI=1S/C23H37NO4/c1-8-19(26-5)16-20(17(2)3)21(24(4)12-9-13-25)14-18-10-11-22(27-6)23(15-18)28-7/h8,10-11,15-17,21,25H,9,12-14H2,1-7H3. The molecule has 1 rings (SSSR count). The van der Waals surface area contributed by atoms with E-state index in [9.17, 15) is 5.11 Å². The highest BCUT2D eigenvalue weighted by Gasteiger charge is 2.23. The van der Waals surface area contributed by atoms with Gasteiger partial charge in [0.05, 0.1) is 21.3 Å². The minimum atomic E-state index is 0.176. The fourth-order valence-corrected chi connectivity index (χ4v) is 3.31. The van der Waals surface area contributed by atoms with E-state index >= 15 is 0 Å². The first-order valence-electron chi connectivity index (χ1n) is 9.85. The Morgan fingerprint density at radius 3 is 2.32 bits per heavy atom. The van der Waals surface area contributed by atoms with E-state index in [4.69, 9.17) is 14.2 Å². The molecule has 0 heterocycles. The molecule has 0 fully saturated rings. The van der Waals surface area contributed by atoms with E-state index in [0.29, 0.717) is 5.92 Å². The first-order chi connectivity index (χ1) is 13.4. The number of benzene rings is 1. The van der Waals surface area contributed by atoms with Gasteiger partial charge in [-0.05, 0) is 68.2 Å². The molecule has 0 radical (unpaired) electrons. The molecule has 1 atom stereocenters. The second kappa shape index (κ2) is 12.5. The summed E-state index contributed by atoms with van der Waals surface area (Å²) < 4.78 is 16.3. The third kappa shape index (κ3) is 6.88. The Balaban J connectivity index is 3.31. The Morgan fingerprint density at radius 2 is 1.82 bits per heavy atom. The zero-order chi connectivity index (χ0) is 21.1. The van der Waals surface area contributed by atoms with Crippen molar-refractivity contribution < 1.29 is 19.3 Å². The number of methoxy groups -OCH3 is 3. The van der Waals surface area contributed by atoms with Crippen LogP contribution in [0, 0.1) is 5.92 Å². The molecular formula is C23H37NO4. The number of hydrogen-bond donors (Lipinski definition) is 1. The van der Waals surface area contributed by atoms with E-state index in [0.717, 1.165) is 36.6 Å². The summed E-state index contributed by atoms with van der Waals surface area (Å²) in [6.07, 6.45) is 5.69. The van der Waals surface area contributed by atoms with Crippen LogP contribution in [0.4, 0.5) is 0 Å². The maximum atomic E-state index is 9.28.